The SMILES string of the molecule is O=S(=O)(Cc1c(Cl)cccc1Cl)Nc1ccc2c(c1)OCCO2. The summed E-state index contributed by atoms with van der Waals surface area (Å²) in [4.78, 5) is 0. The summed E-state index contributed by atoms with van der Waals surface area (Å²) in [6.07, 6.45) is 0. The van der Waals surface area contributed by atoms with Crippen molar-refractivity contribution in [3.05, 3.63) is 52.0 Å². The maximum atomic E-state index is 12.3. The number of ether oxygens (including phenoxy) is 2. The van der Waals surface area contributed by atoms with Crippen LogP contribution in [-0.2, 0) is 15.8 Å². The van der Waals surface area contributed by atoms with E-state index in [0.29, 0.717) is 46.0 Å². The molecule has 1 aliphatic heterocycles. The van der Waals surface area contributed by atoms with Gasteiger partial charge in [0.1, 0.15) is 13.2 Å². The van der Waals surface area contributed by atoms with E-state index in [1.165, 1.54) is 0 Å². The Balaban J connectivity index is 1.81. The molecule has 0 radical (unpaired) electrons. The van der Waals surface area contributed by atoms with Crippen LogP contribution < -0.4 is 14.2 Å². The van der Waals surface area contributed by atoms with Crippen molar-refractivity contribution < 1.29 is 17.9 Å². The van der Waals surface area contributed by atoms with Crippen molar-refractivity contribution in [1.29, 1.82) is 0 Å². The van der Waals surface area contributed by atoms with Gasteiger partial charge in [-0.25, -0.2) is 8.42 Å². The standard InChI is InChI=1S/C15H13Cl2NO4S/c16-12-2-1-3-13(17)11(12)9-23(19,20)18-10-4-5-14-15(8-10)22-7-6-21-14/h1-5,8,18H,6-7,9H2. The molecule has 0 unspecified atom stereocenters. The second-order valence-corrected chi connectivity index (χ2v) is 7.46. The fourth-order valence-corrected chi connectivity index (χ4v) is 4.12. The Morgan fingerprint density at radius 1 is 1.00 bits per heavy atom. The van der Waals surface area contributed by atoms with Gasteiger partial charge in [0.2, 0.25) is 10.0 Å². The van der Waals surface area contributed by atoms with Gasteiger partial charge in [0.25, 0.3) is 0 Å². The molecule has 122 valence electrons. The van der Waals surface area contributed by atoms with E-state index in [4.69, 9.17) is 32.7 Å². The quantitative estimate of drug-likeness (QED) is 0.886. The summed E-state index contributed by atoms with van der Waals surface area (Å²) >= 11 is 12.0. The largest absolute Gasteiger partial charge is 0.486 e. The molecule has 23 heavy (non-hydrogen) atoms. The van der Waals surface area contributed by atoms with Gasteiger partial charge in [0.15, 0.2) is 11.5 Å². The van der Waals surface area contributed by atoms with Crippen molar-refractivity contribution in [2.45, 2.75) is 5.75 Å². The fraction of sp³-hybridized carbons (Fsp3) is 0.200. The Morgan fingerprint density at radius 2 is 1.65 bits per heavy atom. The first-order valence-corrected chi connectivity index (χ1v) is 9.18. The second-order valence-electron chi connectivity index (χ2n) is 4.92. The minimum atomic E-state index is -3.67. The van der Waals surface area contributed by atoms with Crippen LogP contribution in [0, 0.1) is 0 Å². The number of rotatable bonds is 4. The number of sulfonamides is 1. The van der Waals surface area contributed by atoms with Crippen LogP contribution in [0.1, 0.15) is 5.56 Å². The van der Waals surface area contributed by atoms with Gasteiger partial charge >= 0.3 is 0 Å². The summed E-state index contributed by atoms with van der Waals surface area (Å²) in [5, 5.41) is 0.620. The summed E-state index contributed by atoms with van der Waals surface area (Å²) in [5.41, 5.74) is 0.748. The smallest absolute Gasteiger partial charge is 0.237 e. The molecule has 0 aromatic heterocycles. The third kappa shape index (κ3) is 3.83. The summed E-state index contributed by atoms with van der Waals surface area (Å²) in [5.74, 6) is 0.778. The van der Waals surface area contributed by atoms with Crippen LogP contribution >= 0.6 is 23.2 Å². The maximum absolute atomic E-state index is 12.3. The zero-order chi connectivity index (χ0) is 16.4. The van der Waals surface area contributed by atoms with Crippen LogP contribution in [0.15, 0.2) is 36.4 Å². The monoisotopic (exact) mass is 373 g/mol. The van der Waals surface area contributed by atoms with Crippen molar-refractivity contribution in [2.75, 3.05) is 17.9 Å². The lowest BCUT2D eigenvalue weighted by atomic mass is 10.2. The molecule has 0 spiro atoms. The van der Waals surface area contributed by atoms with Gasteiger partial charge in [-0.2, -0.15) is 0 Å². The predicted molar refractivity (Wildman–Crippen MR) is 90.1 cm³/mol. The average Bonchev–Trinajstić information content (AvgIpc) is 2.51. The van der Waals surface area contributed by atoms with E-state index in [2.05, 4.69) is 4.72 Å². The predicted octanol–water partition coefficient (Wildman–Crippen LogP) is 3.71. The fourth-order valence-electron chi connectivity index (χ4n) is 2.18. The summed E-state index contributed by atoms with van der Waals surface area (Å²) in [6, 6.07) is 9.72. The van der Waals surface area contributed by atoms with Gasteiger partial charge < -0.3 is 9.47 Å². The third-order valence-corrected chi connectivity index (χ3v) is 5.14. The highest BCUT2D eigenvalue weighted by molar-refractivity contribution is 7.91. The maximum Gasteiger partial charge on any atom is 0.237 e. The molecule has 1 N–H and O–H groups in total. The highest BCUT2D eigenvalue weighted by Crippen LogP contribution is 2.33. The van der Waals surface area contributed by atoms with Crippen molar-refractivity contribution in [2.24, 2.45) is 0 Å². The zero-order valence-corrected chi connectivity index (χ0v) is 14.2. The highest BCUT2D eigenvalue weighted by atomic mass is 35.5. The van der Waals surface area contributed by atoms with Crippen molar-refractivity contribution in [1.82, 2.24) is 0 Å². The molecule has 0 aliphatic carbocycles. The Bertz CT molecular complexity index is 819. The van der Waals surface area contributed by atoms with Crippen LogP contribution in [0.25, 0.3) is 0 Å². The lowest BCUT2D eigenvalue weighted by Gasteiger charge is -2.19. The lowest BCUT2D eigenvalue weighted by Crippen LogP contribution is -2.17. The van der Waals surface area contributed by atoms with Crippen LogP contribution in [0.4, 0.5) is 5.69 Å². The van der Waals surface area contributed by atoms with E-state index in [1.54, 1.807) is 36.4 Å². The Labute approximate surface area is 144 Å². The van der Waals surface area contributed by atoms with Crippen molar-refractivity contribution >= 4 is 38.9 Å². The number of anilines is 1. The molecule has 0 saturated heterocycles. The van der Waals surface area contributed by atoms with E-state index in [0.717, 1.165) is 0 Å². The minimum Gasteiger partial charge on any atom is -0.486 e. The number of fused-ring (bicyclic) bond motifs is 1. The van der Waals surface area contributed by atoms with Crippen molar-refractivity contribution in [3.63, 3.8) is 0 Å². The van der Waals surface area contributed by atoms with E-state index in [-0.39, 0.29) is 5.75 Å². The molecule has 1 aliphatic rings. The van der Waals surface area contributed by atoms with Gasteiger partial charge in [0.05, 0.1) is 11.4 Å². The number of nitrogens with one attached hydrogen (secondary N) is 1. The number of halogens is 2. The summed E-state index contributed by atoms with van der Waals surface area (Å²) < 4.78 is 38.0. The first kappa shape index (κ1) is 16.2. The molecular weight excluding hydrogens is 361 g/mol. The molecule has 0 fully saturated rings. The number of hydrogen-bond acceptors (Lipinski definition) is 4. The summed E-state index contributed by atoms with van der Waals surface area (Å²) in [6.45, 7) is 0.904. The van der Waals surface area contributed by atoms with Crippen LogP contribution in [-0.4, -0.2) is 21.6 Å². The third-order valence-electron chi connectivity index (χ3n) is 3.21. The number of benzene rings is 2. The molecule has 0 amide bonds. The van der Waals surface area contributed by atoms with Crippen molar-refractivity contribution in [3.8, 4) is 11.5 Å². The molecule has 0 atom stereocenters. The van der Waals surface area contributed by atoms with Gasteiger partial charge in [-0.1, -0.05) is 29.3 Å². The second kappa shape index (κ2) is 6.47. The van der Waals surface area contributed by atoms with Crippen LogP contribution in [0.5, 0.6) is 11.5 Å². The number of hydrogen-bond donors (Lipinski definition) is 1. The molecule has 2 aromatic carbocycles. The van der Waals surface area contributed by atoms with E-state index < -0.39 is 10.0 Å². The molecule has 0 saturated carbocycles. The van der Waals surface area contributed by atoms with Gasteiger partial charge in [0, 0.05) is 21.7 Å². The molecule has 0 bridgehead atoms. The molecule has 2 aromatic rings. The van der Waals surface area contributed by atoms with Crippen LogP contribution in [0.2, 0.25) is 10.0 Å². The molecular formula is C15H13Cl2NO4S. The van der Waals surface area contributed by atoms with Crippen LogP contribution in [0.3, 0.4) is 0 Å². The van der Waals surface area contributed by atoms with E-state index in [1.807, 2.05) is 0 Å². The average molecular weight is 374 g/mol. The topological polar surface area (TPSA) is 64.6 Å². The Morgan fingerprint density at radius 3 is 2.35 bits per heavy atom. The molecule has 8 heteroatoms. The van der Waals surface area contributed by atoms with E-state index >= 15 is 0 Å². The first-order chi connectivity index (χ1) is 10.9. The lowest BCUT2D eigenvalue weighted by molar-refractivity contribution is 0.171. The first-order valence-electron chi connectivity index (χ1n) is 6.78. The Hall–Kier alpha value is -1.63. The van der Waals surface area contributed by atoms with Gasteiger partial charge in [-0.15, -0.1) is 0 Å². The molecule has 5 nitrogen and oxygen atoms in total. The van der Waals surface area contributed by atoms with E-state index in [9.17, 15) is 8.42 Å². The normalized spacial score (nSPS) is 13.7. The highest BCUT2D eigenvalue weighted by Gasteiger charge is 2.18. The van der Waals surface area contributed by atoms with Gasteiger partial charge in [-0.05, 0) is 24.3 Å². The Kier molecular flexibility index (Phi) is 4.57. The minimum absolute atomic E-state index is 0.310. The zero-order valence-electron chi connectivity index (χ0n) is 11.9. The van der Waals surface area contributed by atoms with Gasteiger partial charge in [-0.3, -0.25) is 4.72 Å². The molecule has 1 heterocycles. The summed E-state index contributed by atoms with van der Waals surface area (Å²) in [7, 11) is -3.67. The molecule has 3 rings (SSSR count).